The standard InChI is InChI=1S/C21H22N2O3S/c24-27(25,18-9-8-15-4-3-5-17(15)14-18)23-12-10-16(11-13-23)21-22-19-6-1-2-7-20(19)26-21/h1-2,6-9,14,16H,3-5,10-13H2. The van der Waals surface area contributed by atoms with Gasteiger partial charge in [0.15, 0.2) is 11.5 Å². The van der Waals surface area contributed by atoms with Crippen molar-refractivity contribution in [3.63, 3.8) is 0 Å². The van der Waals surface area contributed by atoms with Crippen LogP contribution in [0.5, 0.6) is 0 Å². The first kappa shape index (κ1) is 17.0. The van der Waals surface area contributed by atoms with Crippen molar-refractivity contribution in [2.24, 2.45) is 0 Å². The Hall–Kier alpha value is -2.18. The van der Waals surface area contributed by atoms with E-state index < -0.39 is 10.0 Å². The molecule has 6 heteroatoms. The molecule has 2 heterocycles. The summed E-state index contributed by atoms with van der Waals surface area (Å²) in [6, 6.07) is 13.4. The number of rotatable bonds is 3. The number of nitrogens with zero attached hydrogens (tertiary/aromatic N) is 2. The number of fused-ring (bicyclic) bond motifs is 2. The molecule has 0 N–H and O–H groups in total. The Labute approximate surface area is 159 Å². The van der Waals surface area contributed by atoms with E-state index in [1.165, 1.54) is 11.1 Å². The summed E-state index contributed by atoms with van der Waals surface area (Å²) < 4.78 is 33.6. The molecule has 0 saturated carbocycles. The summed E-state index contributed by atoms with van der Waals surface area (Å²) in [6.45, 7) is 1.01. The molecule has 2 aliphatic rings. The van der Waals surface area contributed by atoms with E-state index in [1.54, 1.807) is 10.4 Å². The lowest BCUT2D eigenvalue weighted by molar-refractivity contribution is 0.293. The molecule has 27 heavy (non-hydrogen) atoms. The monoisotopic (exact) mass is 382 g/mol. The Morgan fingerprint density at radius 3 is 2.59 bits per heavy atom. The van der Waals surface area contributed by atoms with Crippen LogP contribution in [-0.2, 0) is 22.9 Å². The van der Waals surface area contributed by atoms with Crippen LogP contribution < -0.4 is 0 Å². The zero-order chi connectivity index (χ0) is 18.4. The van der Waals surface area contributed by atoms with Gasteiger partial charge in [-0.3, -0.25) is 0 Å². The topological polar surface area (TPSA) is 63.4 Å². The third kappa shape index (κ3) is 2.97. The van der Waals surface area contributed by atoms with Crippen LogP contribution in [0.3, 0.4) is 0 Å². The molecule has 1 saturated heterocycles. The smallest absolute Gasteiger partial charge is 0.243 e. The molecule has 1 aromatic heterocycles. The van der Waals surface area contributed by atoms with Crippen molar-refractivity contribution in [1.82, 2.24) is 9.29 Å². The lowest BCUT2D eigenvalue weighted by Gasteiger charge is -2.30. The zero-order valence-electron chi connectivity index (χ0n) is 15.1. The molecule has 5 rings (SSSR count). The first-order chi connectivity index (χ1) is 13.1. The first-order valence-corrected chi connectivity index (χ1v) is 11.0. The van der Waals surface area contributed by atoms with E-state index in [-0.39, 0.29) is 5.92 Å². The lowest BCUT2D eigenvalue weighted by atomic mass is 9.98. The third-order valence-electron chi connectivity index (χ3n) is 5.82. The maximum Gasteiger partial charge on any atom is 0.243 e. The predicted molar refractivity (Wildman–Crippen MR) is 103 cm³/mol. The van der Waals surface area contributed by atoms with Crippen LogP contribution in [0.1, 0.15) is 42.2 Å². The number of hydrogen-bond acceptors (Lipinski definition) is 4. The fourth-order valence-electron chi connectivity index (χ4n) is 4.27. The Morgan fingerprint density at radius 1 is 1.00 bits per heavy atom. The number of aryl methyl sites for hydroxylation is 2. The third-order valence-corrected chi connectivity index (χ3v) is 7.72. The molecule has 0 unspecified atom stereocenters. The number of aromatic nitrogens is 1. The van der Waals surface area contributed by atoms with Gasteiger partial charge >= 0.3 is 0 Å². The van der Waals surface area contributed by atoms with Gasteiger partial charge in [-0.25, -0.2) is 13.4 Å². The van der Waals surface area contributed by atoms with E-state index in [2.05, 4.69) is 4.98 Å². The van der Waals surface area contributed by atoms with Gasteiger partial charge in [-0.2, -0.15) is 4.31 Å². The SMILES string of the molecule is O=S(=O)(c1ccc2c(c1)CCC2)N1CCC(c2nc3ccccc3o2)CC1. The van der Waals surface area contributed by atoms with Crippen LogP contribution in [0.15, 0.2) is 51.8 Å². The summed E-state index contributed by atoms with van der Waals surface area (Å²) in [5.74, 6) is 0.898. The molecule has 140 valence electrons. The minimum atomic E-state index is -3.43. The van der Waals surface area contributed by atoms with Crippen LogP contribution in [0.25, 0.3) is 11.1 Å². The average Bonchev–Trinajstić information content (AvgIpc) is 3.34. The molecule has 5 nitrogen and oxygen atoms in total. The lowest BCUT2D eigenvalue weighted by Crippen LogP contribution is -2.38. The normalized spacial score (nSPS) is 18.8. The van der Waals surface area contributed by atoms with Crippen molar-refractivity contribution in [2.45, 2.75) is 42.9 Å². The van der Waals surface area contributed by atoms with Gasteiger partial charge in [0.2, 0.25) is 10.0 Å². The zero-order valence-corrected chi connectivity index (χ0v) is 15.9. The highest BCUT2D eigenvalue weighted by molar-refractivity contribution is 7.89. The average molecular weight is 382 g/mol. The van der Waals surface area contributed by atoms with Crippen LogP contribution in [-0.4, -0.2) is 30.8 Å². The van der Waals surface area contributed by atoms with Crippen molar-refractivity contribution in [3.8, 4) is 0 Å². The minimum Gasteiger partial charge on any atom is -0.440 e. The molecular weight excluding hydrogens is 360 g/mol. The number of oxazole rings is 1. The first-order valence-electron chi connectivity index (χ1n) is 9.59. The minimum absolute atomic E-state index is 0.170. The maximum atomic E-state index is 13.1. The van der Waals surface area contributed by atoms with Gasteiger partial charge in [-0.1, -0.05) is 18.2 Å². The predicted octanol–water partition coefficient (Wildman–Crippen LogP) is 3.88. The summed E-state index contributed by atoms with van der Waals surface area (Å²) in [5, 5.41) is 0. The van der Waals surface area contributed by atoms with Gasteiger partial charge in [0.1, 0.15) is 5.52 Å². The highest BCUT2D eigenvalue weighted by Gasteiger charge is 2.32. The number of benzene rings is 2. The van der Waals surface area contributed by atoms with Crippen LogP contribution in [0.4, 0.5) is 0 Å². The molecule has 0 amide bonds. The highest BCUT2D eigenvalue weighted by atomic mass is 32.2. The number of hydrogen-bond donors (Lipinski definition) is 0. The quantitative estimate of drug-likeness (QED) is 0.689. The molecule has 1 aliphatic heterocycles. The van der Waals surface area contributed by atoms with Crippen LogP contribution in [0, 0.1) is 0 Å². The van der Waals surface area contributed by atoms with Crippen LogP contribution >= 0.6 is 0 Å². The Bertz CT molecular complexity index is 1060. The fourth-order valence-corrected chi connectivity index (χ4v) is 5.79. The van der Waals surface area contributed by atoms with E-state index >= 15 is 0 Å². The Morgan fingerprint density at radius 2 is 1.78 bits per heavy atom. The summed E-state index contributed by atoms with van der Waals surface area (Å²) >= 11 is 0. The van der Waals surface area contributed by atoms with Gasteiger partial charge in [-0.05, 0) is 67.5 Å². The highest BCUT2D eigenvalue weighted by Crippen LogP contribution is 2.33. The Kier molecular flexibility index (Phi) is 4.06. The maximum absolute atomic E-state index is 13.1. The summed E-state index contributed by atoms with van der Waals surface area (Å²) in [5.41, 5.74) is 4.14. The number of para-hydroxylation sites is 2. The van der Waals surface area contributed by atoms with Gasteiger partial charge < -0.3 is 4.42 Å². The summed E-state index contributed by atoms with van der Waals surface area (Å²) in [7, 11) is -3.43. The van der Waals surface area contributed by atoms with Gasteiger partial charge in [0.25, 0.3) is 0 Å². The van der Waals surface area contributed by atoms with Crippen molar-refractivity contribution in [1.29, 1.82) is 0 Å². The number of piperidine rings is 1. The van der Waals surface area contributed by atoms with E-state index in [1.807, 2.05) is 36.4 Å². The van der Waals surface area contributed by atoms with E-state index in [0.29, 0.717) is 18.0 Å². The Balaban J connectivity index is 1.33. The van der Waals surface area contributed by atoms with Crippen molar-refractivity contribution < 1.29 is 12.8 Å². The molecule has 0 radical (unpaired) electrons. The fraction of sp³-hybridized carbons (Fsp3) is 0.381. The van der Waals surface area contributed by atoms with Gasteiger partial charge in [0.05, 0.1) is 4.90 Å². The van der Waals surface area contributed by atoms with Gasteiger partial charge in [-0.15, -0.1) is 0 Å². The van der Waals surface area contributed by atoms with Crippen LogP contribution in [0.2, 0.25) is 0 Å². The second-order valence-electron chi connectivity index (χ2n) is 7.48. The molecule has 0 atom stereocenters. The van der Waals surface area contributed by atoms with Crippen molar-refractivity contribution >= 4 is 21.1 Å². The summed E-state index contributed by atoms with van der Waals surface area (Å²) in [4.78, 5) is 5.02. The summed E-state index contributed by atoms with van der Waals surface area (Å²) in [6.07, 6.45) is 4.63. The molecule has 1 fully saturated rings. The molecule has 0 bridgehead atoms. The van der Waals surface area contributed by atoms with E-state index in [4.69, 9.17) is 4.42 Å². The molecular formula is C21H22N2O3S. The van der Waals surface area contributed by atoms with Crippen molar-refractivity contribution in [2.75, 3.05) is 13.1 Å². The number of sulfonamides is 1. The second-order valence-corrected chi connectivity index (χ2v) is 9.42. The van der Waals surface area contributed by atoms with E-state index in [9.17, 15) is 8.42 Å². The second kappa shape index (κ2) is 6.46. The molecule has 3 aromatic rings. The molecule has 1 aliphatic carbocycles. The van der Waals surface area contributed by atoms with Crippen molar-refractivity contribution in [3.05, 3.63) is 59.5 Å². The van der Waals surface area contributed by atoms with E-state index in [0.717, 1.165) is 49.1 Å². The molecule has 0 spiro atoms. The molecule has 2 aromatic carbocycles. The largest absolute Gasteiger partial charge is 0.440 e. The van der Waals surface area contributed by atoms with Gasteiger partial charge in [0, 0.05) is 19.0 Å².